The predicted molar refractivity (Wildman–Crippen MR) is 80.4 cm³/mol. The lowest BCUT2D eigenvalue weighted by Gasteiger charge is -2.21. The molecule has 0 aromatic heterocycles. The van der Waals surface area contributed by atoms with Gasteiger partial charge in [-0.3, -0.25) is 0 Å². The van der Waals surface area contributed by atoms with Gasteiger partial charge in [-0.2, -0.15) is 0 Å². The van der Waals surface area contributed by atoms with Crippen molar-refractivity contribution in [3.63, 3.8) is 0 Å². The molecule has 2 atom stereocenters. The Hall–Kier alpha value is -1.51. The molecule has 0 radical (unpaired) electrons. The first-order valence-corrected chi connectivity index (χ1v) is 7.12. The van der Waals surface area contributed by atoms with Crippen molar-refractivity contribution in [2.24, 2.45) is 0 Å². The van der Waals surface area contributed by atoms with Gasteiger partial charge in [-0.25, -0.2) is 4.79 Å². The highest BCUT2D eigenvalue weighted by atomic mass is 16.2. The highest BCUT2D eigenvalue weighted by Gasteiger charge is 2.15. The summed E-state index contributed by atoms with van der Waals surface area (Å²) in [6.07, 6.45) is 1.82. The van der Waals surface area contributed by atoms with Crippen molar-refractivity contribution in [1.82, 2.24) is 10.6 Å². The van der Waals surface area contributed by atoms with Crippen molar-refractivity contribution < 1.29 is 4.79 Å². The average Bonchev–Trinajstić information content (AvgIpc) is 2.36. The number of amides is 2. The van der Waals surface area contributed by atoms with E-state index in [1.54, 1.807) is 0 Å². The van der Waals surface area contributed by atoms with Crippen molar-refractivity contribution >= 4 is 6.03 Å². The summed E-state index contributed by atoms with van der Waals surface area (Å²) in [5.74, 6) is 0. The Morgan fingerprint density at radius 3 is 2.37 bits per heavy atom. The first-order valence-electron chi connectivity index (χ1n) is 7.12. The largest absolute Gasteiger partial charge is 0.336 e. The maximum absolute atomic E-state index is 11.9. The van der Waals surface area contributed by atoms with Crippen LogP contribution in [0.3, 0.4) is 0 Å². The van der Waals surface area contributed by atoms with E-state index in [4.69, 9.17) is 0 Å². The van der Waals surface area contributed by atoms with Crippen molar-refractivity contribution in [1.29, 1.82) is 0 Å². The van der Waals surface area contributed by atoms with Gasteiger partial charge >= 0.3 is 6.03 Å². The molecule has 0 spiro atoms. The minimum atomic E-state index is -0.0822. The summed E-state index contributed by atoms with van der Waals surface area (Å²) in [6.45, 7) is 10.3. The normalized spacial score (nSPS) is 13.7. The van der Waals surface area contributed by atoms with Crippen LogP contribution in [0.15, 0.2) is 18.2 Å². The molecule has 1 aromatic rings. The molecule has 0 aliphatic carbocycles. The van der Waals surface area contributed by atoms with Crippen LogP contribution in [0.2, 0.25) is 0 Å². The molecule has 0 aliphatic rings. The van der Waals surface area contributed by atoms with E-state index in [1.807, 2.05) is 6.92 Å². The van der Waals surface area contributed by atoms with Gasteiger partial charge in [0.2, 0.25) is 0 Å². The van der Waals surface area contributed by atoms with E-state index in [0.717, 1.165) is 12.8 Å². The van der Waals surface area contributed by atoms with Gasteiger partial charge in [-0.15, -0.1) is 0 Å². The molecule has 3 nitrogen and oxygen atoms in total. The Labute approximate surface area is 116 Å². The highest BCUT2D eigenvalue weighted by Crippen LogP contribution is 2.21. The quantitative estimate of drug-likeness (QED) is 0.831. The fraction of sp³-hybridized carbons (Fsp3) is 0.562. The number of urea groups is 1. The molecule has 0 saturated heterocycles. The van der Waals surface area contributed by atoms with Crippen molar-refractivity contribution in [3.8, 4) is 0 Å². The van der Waals surface area contributed by atoms with Crippen LogP contribution >= 0.6 is 0 Å². The SMILES string of the molecule is CC[C@@H](C)NC(=O)N[C@@H](CC)c1ccc(C)cc1C. The second kappa shape index (κ2) is 7.17. The van der Waals surface area contributed by atoms with Gasteiger partial charge in [0.15, 0.2) is 0 Å². The van der Waals surface area contributed by atoms with Gasteiger partial charge in [-0.05, 0) is 44.7 Å². The summed E-state index contributed by atoms with van der Waals surface area (Å²) in [4.78, 5) is 11.9. The molecular weight excluding hydrogens is 236 g/mol. The van der Waals surface area contributed by atoms with Crippen molar-refractivity contribution in [3.05, 3.63) is 34.9 Å². The fourth-order valence-corrected chi connectivity index (χ4v) is 2.14. The molecule has 0 saturated carbocycles. The van der Waals surface area contributed by atoms with E-state index in [-0.39, 0.29) is 18.1 Å². The summed E-state index contributed by atoms with van der Waals surface area (Å²) in [7, 11) is 0. The zero-order valence-corrected chi connectivity index (χ0v) is 12.7. The lowest BCUT2D eigenvalue weighted by Crippen LogP contribution is -2.42. The number of carbonyl (C=O) groups excluding carboxylic acids is 1. The van der Waals surface area contributed by atoms with E-state index in [9.17, 15) is 4.79 Å². The van der Waals surface area contributed by atoms with Crippen molar-refractivity contribution in [2.75, 3.05) is 0 Å². The molecule has 0 bridgehead atoms. The Balaban J connectivity index is 2.75. The molecule has 2 amide bonds. The van der Waals surface area contributed by atoms with E-state index < -0.39 is 0 Å². The van der Waals surface area contributed by atoms with Gasteiger partial charge in [0.25, 0.3) is 0 Å². The monoisotopic (exact) mass is 262 g/mol. The zero-order valence-electron chi connectivity index (χ0n) is 12.7. The minimum absolute atomic E-state index is 0.0738. The molecule has 1 aromatic carbocycles. The Morgan fingerprint density at radius 1 is 1.16 bits per heavy atom. The maximum Gasteiger partial charge on any atom is 0.315 e. The lowest BCUT2D eigenvalue weighted by atomic mass is 9.97. The molecule has 19 heavy (non-hydrogen) atoms. The predicted octanol–water partition coefficient (Wildman–Crippen LogP) is 3.85. The topological polar surface area (TPSA) is 41.1 Å². The number of rotatable bonds is 5. The summed E-state index contributed by atoms with van der Waals surface area (Å²) >= 11 is 0. The molecule has 106 valence electrons. The summed E-state index contributed by atoms with van der Waals surface area (Å²) in [6, 6.07) is 6.57. The molecule has 0 heterocycles. The fourth-order valence-electron chi connectivity index (χ4n) is 2.14. The zero-order chi connectivity index (χ0) is 14.4. The van der Waals surface area contributed by atoms with Crippen LogP contribution in [0.1, 0.15) is 56.3 Å². The van der Waals surface area contributed by atoms with Crippen LogP contribution in [0, 0.1) is 13.8 Å². The van der Waals surface area contributed by atoms with E-state index in [1.165, 1.54) is 16.7 Å². The minimum Gasteiger partial charge on any atom is -0.336 e. The molecule has 2 N–H and O–H groups in total. The maximum atomic E-state index is 11.9. The third-order valence-electron chi connectivity index (χ3n) is 3.50. The molecular formula is C16H26N2O. The second-order valence-electron chi connectivity index (χ2n) is 5.25. The Bertz CT molecular complexity index is 429. The molecule has 3 heteroatoms. The Morgan fingerprint density at radius 2 is 1.84 bits per heavy atom. The average molecular weight is 262 g/mol. The number of benzene rings is 1. The van der Waals surface area contributed by atoms with Crippen LogP contribution in [0.4, 0.5) is 4.79 Å². The molecule has 1 rings (SSSR count). The first-order chi connectivity index (χ1) is 8.97. The summed E-state index contributed by atoms with van der Waals surface area (Å²) in [5.41, 5.74) is 3.68. The highest BCUT2D eigenvalue weighted by molar-refractivity contribution is 5.74. The summed E-state index contributed by atoms with van der Waals surface area (Å²) in [5, 5.41) is 6.00. The molecule has 0 unspecified atom stereocenters. The van der Waals surface area contributed by atoms with Gasteiger partial charge in [-0.1, -0.05) is 37.6 Å². The number of aryl methyl sites for hydroxylation is 2. The number of hydrogen-bond donors (Lipinski definition) is 2. The summed E-state index contributed by atoms with van der Waals surface area (Å²) < 4.78 is 0. The van der Waals surface area contributed by atoms with Crippen LogP contribution in [-0.4, -0.2) is 12.1 Å². The van der Waals surface area contributed by atoms with E-state index in [0.29, 0.717) is 0 Å². The third-order valence-corrected chi connectivity index (χ3v) is 3.50. The van der Waals surface area contributed by atoms with Crippen LogP contribution in [-0.2, 0) is 0 Å². The van der Waals surface area contributed by atoms with Crippen LogP contribution in [0.25, 0.3) is 0 Å². The van der Waals surface area contributed by atoms with E-state index >= 15 is 0 Å². The van der Waals surface area contributed by atoms with Crippen molar-refractivity contribution in [2.45, 2.75) is 59.5 Å². The first kappa shape index (κ1) is 15.5. The second-order valence-corrected chi connectivity index (χ2v) is 5.25. The van der Waals surface area contributed by atoms with Gasteiger partial charge in [0.05, 0.1) is 6.04 Å². The third kappa shape index (κ3) is 4.58. The Kier molecular flexibility index (Phi) is 5.87. The molecule has 0 fully saturated rings. The molecule has 0 aliphatic heterocycles. The van der Waals surface area contributed by atoms with Crippen LogP contribution < -0.4 is 10.6 Å². The number of hydrogen-bond acceptors (Lipinski definition) is 1. The smallest absolute Gasteiger partial charge is 0.315 e. The van der Waals surface area contributed by atoms with Gasteiger partial charge in [0.1, 0.15) is 0 Å². The number of nitrogens with one attached hydrogen (secondary N) is 2. The van der Waals surface area contributed by atoms with E-state index in [2.05, 4.69) is 56.5 Å². The van der Waals surface area contributed by atoms with Crippen LogP contribution in [0.5, 0.6) is 0 Å². The van der Waals surface area contributed by atoms with Gasteiger partial charge < -0.3 is 10.6 Å². The lowest BCUT2D eigenvalue weighted by molar-refractivity contribution is 0.233. The standard InChI is InChI=1S/C16H26N2O/c1-6-13(5)17-16(19)18-15(7-2)14-9-8-11(3)10-12(14)4/h8-10,13,15H,6-7H2,1-5H3,(H2,17,18,19)/t13-,15+/m1/s1. The number of carbonyl (C=O) groups is 1. The van der Waals surface area contributed by atoms with Gasteiger partial charge in [0, 0.05) is 6.04 Å².